The van der Waals surface area contributed by atoms with Crippen molar-refractivity contribution in [2.45, 2.75) is 84.9 Å². The summed E-state index contributed by atoms with van der Waals surface area (Å²) in [6, 6.07) is 0. The molecule has 0 fully saturated rings. The van der Waals surface area contributed by atoms with Crippen LogP contribution in [0.1, 0.15) is 65.5 Å². The molecule has 0 spiro atoms. The molecule has 0 amide bonds. The van der Waals surface area contributed by atoms with Crippen molar-refractivity contribution in [3.63, 3.8) is 0 Å². The molecule has 0 radical (unpaired) electrons. The van der Waals surface area contributed by atoms with Gasteiger partial charge in [0.1, 0.15) is 0 Å². The number of aliphatic hydroxyl groups excluding tert-OH is 1. The van der Waals surface area contributed by atoms with Crippen molar-refractivity contribution in [1.29, 1.82) is 0 Å². The van der Waals surface area contributed by atoms with Crippen molar-refractivity contribution in [2.24, 2.45) is 0 Å². The van der Waals surface area contributed by atoms with Gasteiger partial charge in [-0.25, -0.2) is 0 Å². The molecule has 1 aliphatic rings. The van der Waals surface area contributed by atoms with E-state index in [2.05, 4.69) is 25.8 Å². The van der Waals surface area contributed by atoms with E-state index in [-0.39, 0.29) is 12.2 Å². The summed E-state index contributed by atoms with van der Waals surface area (Å²) in [5, 5.41) is 9.31. The molecule has 0 aromatic carbocycles. The molecule has 0 unspecified atom stereocenters. The normalized spacial score (nSPS) is 19.4. The van der Waals surface area contributed by atoms with Gasteiger partial charge in [-0.1, -0.05) is 0 Å². The maximum atomic E-state index is 12.9. The minimum absolute atomic E-state index is 0.120. The number of hydrogen-bond acceptors (Lipinski definition) is 4. The average Bonchev–Trinajstić information content (AvgIpc) is 3.17. The third-order valence-electron chi connectivity index (χ3n) is 5.82. The molecular formula is C21H36N2O4Sn. The number of unbranched alkanes of at least 4 members (excludes halogenated alkanes) is 3. The van der Waals surface area contributed by atoms with E-state index in [0.29, 0.717) is 0 Å². The molecule has 0 aliphatic carbocycles. The topological polar surface area (TPSA) is 84.3 Å². The third-order valence-corrected chi connectivity index (χ3v) is 21.3. The summed E-state index contributed by atoms with van der Waals surface area (Å²) < 4.78 is 11.6. The van der Waals surface area contributed by atoms with E-state index in [1.54, 1.807) is 12.2 Å². The van der Waals surface area contributed by atoms with Crippen LogP contribution in [0, 0.1) is 0 Å². The zero-order valence-corrected chi connectivity index (χ0v) is 20.4. The molecule has 2 atom stereocenters. The Kier molecular flexibility index (Phi) is 9.50. The zero-order chi connectivity index (χ0) is 20.6. The van der Waals surface area contributed by atoms with E-state index in [9.17, 15) is 14.7 Å². The van der Waals surface area contributed by atoms with Crippen LogP contribution in [0.4, 0.5) is 0 Å². The standard InChI is InChI=1S/C9H9N2O4.3C4H9.Sn/c12-5-6-1-2-8(15-6)11-4-3-7(13)10-9(11)14;3*1-3-4-2;/h1-2,4,6,8,12H,5H2,(H,10,13,14);3*1,3-4H2,2H3;/t6-,8+;;;;/m0..../s1. The first-order valence-electron chi connectivity index (χ1n) is 10.8. The number of nitrogens with zero attached hydrogens (tertiary/aromatic N) is 1. The van der Waals surface area contributed by atoms with E-state index < -0.39 is 36.4 Å². The fourth-order valence-electron chi connectivity index (χ4n) is 4.13. The predicted octanol–water partition coefficient (Wildman–Crippen LogP) is 3.04. The van der Waals surface area contributed by atoms with E-state index in [0.717, 1.165) is 55.4 Å². The SMILES string of the molecule is CCC[CH2][Sn]([CH2]CCC)([CH2]CCC)[c]1cn([C@H]2C=C[C@@H](CO)O2)c(=O)[nH]c1=O. The van der Waals surface area contributed by atoms with Crippen LogP contribution in [0.25, 0.3) is 0 Å². The quantitative estimate of drug-likeness (QED) is 0.342. The van der Waals surface area contributed by atoms with Gasteiger partial charge in [0, 0.05) is 0 Å². The molecular weight excluding hydrogens is 463 g/mol. The second-order valence-corrected chi connectivity index (χ2v) is 21.1. The van der Waals surface area contributed by atoms with E-state index in [4.69, 9.17) is 4.74 Å². The van der Waals surface area contributed by atoms with E-state index in [1.165, 1.54) is 4.57 Å². The first-order valence-corrected chi connectivity index (χ1v) is 18.3. The molecule has 0 bridgehead atoms. The Hall–Kier alpha value is -0.861. The fraction of sp³-hybridized carbons (Fsp3) is 0.714. The van der Waals surface area contributed by atoms with Crippen LogP contribution in [0.5, 0.6) is 0 Å². The first kappa shape index (κ1) is 23.4. The summed E-state index contributed by atoms with van der Waals surface area (Å²) in [5.41, 5.74) is -0.621. The van der Waals surface area contributed by atoms with Crippen LogP contribution in [0.3, 0.4) is 0 Å². The summed E-state index contributed by atoms with van der Waals surface area (Å²) in [6.07, 6.45) is 11.2. The Labute approximate surface area is 171 Å². The van der Waals surface area contributed by atoms with Crippen molar-refractivity contribution in [2.75, 3.05) is 6.61 Å². The molecule has 158 valence electrons. The van der Waals surface area contributed by atoms with Crippen LogP contribution in [0.2, 0.25) is 13.3 Å². The van der Waals surface area contributed by atoms with Crippen LogP contribution < -0.4 is 14.8 Å². The van der Waals surface area contributed by atoms with Crippen molar-refractivity contribution in [3.8, 4) is 0 Å². The molecule has 7 heteroatoms. The van der Waals surface area contributed by atoms with Crippen molar-refractivity contribution < 1.29 is 9.84 Å². The van der Waals surface area contributed by atoms with Gasteiger partial charge in [-0.3, -0.25) is 0 Å². The Morgan fingerprint density at radius 2 is 1.61 bits per heavy atom. The second kappa shape index (κ2) is 11.4. The number of ether oxygens (including phenoxy) is 1. The van der Waals surface area contributed by atoms with Gasteiger partial charge < -0.3 is 0 Å². The minimum atomic E-state index is -2.98. The third kappa shape index (κ3) is 5.60. The fourth-order valence-corrected chi connectivity index (χ4v) is 20.1. The molecule has 1 aromatic heterocycles. The Morgan fingerprint density at radius 1 is 1.04 bits per heavy atom. The number of nitrogens with one attached hydrogen (secondary N) is 1. The molecule has 1 aromatic rings. The summed E-state index contributed by atoms with van der Waals surface area (Å²) in [4.78, 5) is 28.0. The summed E-state index contributed by atoms with van der Waals surface area (Å²) in [7, 11) is 0. The van der Waals surface area contributed by atoms with Gasteiger partial charge in [-0.05, 0) is 0 Å². The molecule has 0 saturated heterocycles. The molecule has 1 aliphatic heterocycles. The van der Waals surface area contributed by atoms with E-state index in [1.807, 2.05) is 6.20 Å². The van der Waals surface area contributed by atoms with Gasteiger partial charge in [-0.2, -0.15) is 0 Å². The van der Waals surface area contributed by atoms with Gasteiger partial charge >= 0.3 is 172 Å². The van der Waals surface area contributed by atoms with E-state index >= 15 is 0 Å². The number of rotatable bonds is 12. The Balaban J connectivity index is 2.51. The molecule has 2 N–H and O–H groups in total. The summed E-state index contributed by atoms with van der Waals surface area (Å²) >= 11 is -2.98. The van der Waals surface area contributed by atoms with Crippen LogP contribution >= 0.6 is 0 Å². The molecule has 6 nitrogen and oxygen atoms in total. The van der Waals surface area contributed by atoms with Crippen LogP contribution in [0.15, 0.2) is 27.9 Å². The van der Waals surface area contributed by atoms with Gasteiger partial charge in [-0.15, -0.1) is 0 Å². The monoisotopic (exact) mass is 500 g/mol. The van der Waals surface area contributed by atoms with Gasteiger partial charge in [0.25, 0.3) is 0 Å². The second-order valence-electron chi connectivity index (χ2n) is 7.93. The van der Waals surface area contributed by atoms with Crippen molar-refractivity contribution >= 4 is 22.0 Å². The van der Waals surface area contributed by atoms with Crippen molar-refractivity contribution in [1.82, 2.24) is 9.55 Å². The Bertz CT molecular complexity index is 734. The number of H-pyrrole nitrogens is 1. The van der Waals surface area contributed by atoms with Gasteiger partial charge in [0.05, 0.1) is 0 Å². The zero-order valence-electron chi connectivity index (χ0n) is 17.6. The summed E-state index contributed by atoms with van der Waals surface area (Å²) in [6.45, 7) is 6.49. The summed E-state index contributed by atoms with van der Waals surface area (Å²) in [5.74, 6) is 0. The van der Waals surface area contributed by atoms with Gasteiger partial charge in [0.15, 0.2) is 0 Å². The average molecular weight is 499 g/mol. The molecule has 28 heavy (non-hydrogen) atoms. The molecule has 2 rings (SSSR count). The number of aliphatic hydroxyl groups is 1. The predicted molar refractivity (Wildman–Crippen MR) is 116 cm³/mol. The molecule has 0 saturated carbocycles. The number of aromatic amines is 1. The Morgan fingerprint density at radius 3 is 2.07 bits per heavy atom. The van der Waals surface area contributed by atoms with Crippen LogP contribution in [-0.4, -0.2) is 45.7 Å². The van der Waals surface area contributed by atoms with Crippen LogP contribution in [-0.2, 0) is 4.74 Å². The van der Waals surface area contributed by atoms with Gasteiger partial charge in [0.2, 0.25) is 0 Å². The number of aromatic nitrogens is 2. The number of hydrogen-bond donors (Lipinski definition) is 2. The maximum absolute atomic E-state index is 12.9. The first-order chi connectivity index (χ1) is 13.5. The molecule has 2 heterocycles. The van der Waals surface area contributed by atoms with Crippen molar-refractivity contribution in [3.05, 3.63) is 39.2 Å².